The van der Waals surface area contributed by atoms with Crippen LogP contribution in [0, 0.1) is 0 Å². The highest BCUT2D eigenvalue weighted by atomic mass is 79.9. The van der Waals surface area contributed by atoms with Crippen molar-refractivity contribution in [2.75, 3.05) is 0 Å². The number of nitrogens with one attached hydrogen (secondary N) is 1. The Balaban J connectivity index is 2.19. The lowest BCUT2D eigenvalue weighted by Gasteiger charge is -2.10. The van der Waals surface area contributed by atoms with E-state index in [1.54, 1.807) is 18.2 Å². The number of sulfonamides is 1. The first kappa shape index (κ1) is 16.6. The zero-order valence-electron chi connectivity index (χ0n) is 11.0. The number of hydrogen-bond donors (Lipinski definition) is 2. The average molecular weight is 434 g/mol. The highest BCUT2D eigenvalue weighted by Crippen LogP contribution is 2.23. The molecule has 0 saturated heterocycles. The molecule has 0 bridgehead atoms. The van der Waals surface area contributed by atoms with Crippen LogP contribution in [0.5, 0.6) is 0 Å². The fraction of sp³-hybridized carbons (Fsp3) is 0.143. The second-order valence-electron chi connectivity index (χ2n) is 4.42. The van der Waals surface area contributed by atoms with Crippen molar-refractivity contribution in [3.05, 3.63) is 62.5 Å². The molecule has 0 radical (unpaired) electrons. The van der Waals surface area contributed by atoms with E-state index in [2.05, 4.69) is 36.6 Å². The van der Waals surface area contributed by atoms with Gasteiger partial charge in [-0.25, -0.2) is 13.1 Å². The summed E-state index contributed by atoms with van der Waals surface area (Å²) in [6.45, 7) is 0.594. The number of benzene rings is 2. The van der Waals surface area contributed by atoms with Crippen molar-refractivity contribution < 1.29 is 8.42 Å². The molecule has 0 amide bonds. The van der Waals surface area contributed by atoms with E-state index in [1.165, 1.54) is 0 Å². The maximum atomic E-state index is 12.3. The quantitative estimate of drug-likeness (QED) is 0.760. The first-order valence-corrected chi connectivity index (χ1v) is 9.22. The maximum Gasteiger partial charge on any atom is 0.241 e. The summed E-state index contributed by atoms with van der Waals surface area (Å²) >= 11 is 6.64. The largest absolute Gasteiger partial charge is 0.326 e. The molecule has 0 spiro atoms. The van der Waals surface area contributed by atoms with Gasteiger partial charge < -0.3 is 5.73 Å². The lowest BCUT2D eigenvalue weighted by molar-refractivity contribution is 0.581. The van der Waals surface area contributed by atoms with Gasteiger partial charge in [-0.1, -0.05) is 34.1 Å². The lowest BCUT2D eigenvalue weighted by Crippen LogP contribution is -2.23. The molecule has 0 aliphatic rings. The van der Waals surface area contributed by atoms with Crippen LogP contribution in [0.2, 0.25) is 0 Å². The molecule has 2 aromatic carbocycles. The van der Waals surface area contributed by atoms with Crippen LogP contribution in [-0.4, -0.2) is 8.42 Å². The van der Waals surface area contributed by atoms with E-state index >= 15 is 0 Å². The molecule has 21 heavy (non-hydrogen) atoms. The van der Waals surface area contributed by atoms with Crippen molar-refractivity contribution >= 4 is 41.9 Å². The molecule has 0 aliphatic carbocycles. The first-order chi connectivity index (χ1) is 9.92. The van der Waals surface area contributed by atoms with Crippen molar-refractivity contribution in [3.63, 3.8) is 0 Å². The Kier molecular flexibility index (Phi) is 5.56. The molecule has 7 heteroatoms. The molecule has 2 aromatic rings. The third-order valence-electron chi connectivity index (χ3n) is 2.88. The fourth-order valence-corrected chi connectivity index (χ4v) is 4.38. The molecule has 0 heterocycles. The SMILES string of the molecule is NCc1ccc(S(=O)(=O)NCc2cccc(Br)c2)c(Br)c1. The van der Waals surface area contributed by atoms with E-state index in [0.717, 1.165) is 15.6 Å². The lowest BCUT2D eigenvalue weighted by atomic mass is 10.2. The van der Waals surface area contributed by atoms with Crippen LogP contribution in [0.25, 0.3) is 0 Å². The Morgan fingerprint density at radius 1 is 1.05 bits per heavy atom. The molecule has 0 aromatic heterocycles. The van der Waals surface area contributed by atoms with E-state index in [4.69, 9.17) is 5.73 Å². The summed E-state index contributed by atoms with van der Waals surface area (Å²) in [5.41, 5.74) is 7.28. The summed E-state index contributed by atoms with van der Waals surface area (Å²) in [6, 6.07) is 12.5. The third-order valence-corrected chi connectivity index (χ3v) is 5.75. The van der Waals surface area contributed by atoms with Crippen LogP contribution in [0.4, 0.5) is 0 Å². The molecular formula is C14H14Br2N2O2S. The monoisotopic (exact) mass is 432 g/mol. The normalized spacial score (nSPS) is 11.6. The standard InChI is InChI=1S/C14H14Br2N2O2S/c15-12-3-1-2-11(6-12)9-18-21(19,20)14-5-4-10(8-17)7-13(14)16/h1-7,18H,8-9,17H2. The predicted molar refractivity (Wildman–Crippen MR) is 90.2 cm³/mol. The van der Waals surface area contributed by atoms with Gasteiger partial charge in [-0.2, -0.15) is 0 Å². The summed E-state index contributed by atoms with van der Waals surface area (Å²) < 4.78 is 28.7. The van der Waals surface area contributed by atoms with Gasteiger partial charge in [0.25, 0.3) is 0 Å². The Morgan fingerprint density at radius 2 is 1.81 bits per heavy atom. The summed E-state index contributed by atoms with van der Waals surface area (Å²) in [5, 5.41) is 0. The van der Waals surface area contributed by atoms with Crippen LogP contribution < -0.4 is 10.5 Å². The van der Waals surface area contributed by atoms with Gasteiger partial charge in [0, 0.05) is 22.0 Å². The van der Waals surface area contributed by atoms with Crippen LogP contribution in [-0.2, 0) is 23.1 Å². The van der Waals surface area contributed by atoms with Crippen molar-refractivity contribution in [1.29, 1.82) is 0 Å². The van der Waals surface area contributed by atoms with Gasteiger partial charge in [0.15, 0.2) is 0 Å². The molecule has 0 fully saturated rings. The Labute approximate surface area is 141 Å². The van der Waals surface area contributed by atoms with Gasteiger partial charge in [-0.05, 0) is 51.3 Å². The van der Waals surface area contributed by atoms with Gasteiger partial charge in [0.05, 0.1) is 4.90 Å². The zero-order valence-corrected chi connectivity index (χ0v) is 15.0. The minimum Gasteiger partial charge on any atom is -0.326 e. The number of hydrogen-bond acceptors (Lipinski definition) is 3. The van der Waals surface area contributed by atoms with Gasteiger partial charge in [-0.3, -0.25) is 0 Å². The molecule has 0 unspecified atom stereocenters. The van der Waals surface area contributed by atoms with E-state index in [-0.39, 0.29) is 11.4 Å². The molecule has 0 atom stereocenters. The third kappa shape index (κ3) is 4.37. The van der Waals surface area contributed by atoms with Crippen molar-refractivity contribution in [2.45, 2.75) is 18.0 Å². The minimum absolute atomic E-state index is 0.203. The Bertz CT molecular complexity index is 748. The van der Waals surface area contributed by atoms with E-state index < -0.39 is 10.0 Å². The molecule has 112 valence electrons. The molecule has 0 saturated carbocycles. The van der Waals surface area contributed by atoms with Crippen LogP contribution in [0.1, 0.15) is 11.1 Å². The van der Waals surface area contributed by atoms with Crippen LogP contribution in [0.3, 0.4) is 0 Å². The predicted octanol–water partition coefficient (Wildman–Crippen LogP) is 3.15. The first-order valence-electron chi connectivity index (χ1n) is 6.15. The average Bonchev–Trinajstić information content (AvgIpc) is 2.45. The molecule has 3 N–H and O–H groups in total. The Morgan fingerprint density at radius 3 is 2.43 bits per heavy atom. The zero-order chi connectivity index (χ0) is 15.5. The Hall–Kier alpha value is -0.730. The topological polar surface area (TPSA) is 72.2 Å². The van der Waals surface area contributed by atoms with Gasteiger partial charge in [-0.15, -0.1) is 0 Å². The minimum atomic E-state index is -3.58. The molecule has 0 aliphatic heterocycles. The summed E-state index contributed by atoms with van der Waals surface area (Å²) in [7, 11) is -3.58. The fourth-order valence-electron chi connectivity index (χ4n) is 1.79. The highest BCUT2D eigenvalue weighted by molar-refractivity contribution is 9.10. The van der Waals surface area contributed by atoms with Crippen LogP contribution >= 0.6 is 31.9 Å². The number of halogens is 2. The maximum absolute atomic E-state index is 12.3. The van der Waals surface area contributed by atoms with Gasteiger partial charge >= 0.3 is 0 Å². The smallest absolute Gasteiger partial charge is 0.241 e. The van der Waals surface area contributed by atoms with Gasteiger partial charge in [0.2, 0.25) is 10.0 Å². The number of nitrogens with two attached hydrogens (primary N) is 1. The van der Waals surface area contributed by atoms with Crippen molar-refractivity contribution in [2.24, 2.45) is 5.73 Å². The highest BCUT2D eigenvalue weighted by Gasteiger charge is 2.17. The summed E-state index contributed by atoms with van der Waals surface area (Å²) in [6.07, 6.45) is 0. The van der Waals surface area contributed by atoms with E-state index in [1.807, 2.05) is 24.3 Å². The van der Waals surface area contributed by atoms with Crippen molar-refractivity contribution in [3.8, 4) is 0 Å². The molecular weight excluding hydrogens is 420 g/mol. The van der Waals surface area contributed by atoms with Crippen molar-refractivity contribution in [1.82, 2.24) is 4.72 Å². The van der Waals surface area contributed by atoms with E-state index in [0.29, 0.717) is 11.0 Å². The van der Waals surface area contributed by atoms with Crippen LogP contribution in [0.15, 0.2) is 56.3 Å². The second-order valence-corrected chi connectivity index (χ2v) is 7.93. The summed E-state index contributed by atoms with van der Waals surface area (Å²) in [4.78, 5) is 0.203. The van der Waals surface area contributed by atoms with E-state index in [9.17, 15) is 8.42 Å². The molecule has 4 nitrogen and oxygen atoms in total. The second kappa shape index (κ2) is 7.02. The number of rotatable bonds is 5. The molecule has 2 rings (SSSR count). The van der Waals surface area contributed by atoms with Gasteiger partial charge in [0.1, 0.15) is 0 Å². The summed E-state index contributed by atoms with van der Waals surface area (Å²) in [5.74, 6) is 0.